The van der Waals surface area contributed by atoms with Crippen molar-refractivity contribution in [1.82, 2.24) is 0 Å². The Labute approximate surface area is 234 Å². The first kappa shape index (κ1) is 28.0. The van der Waals surface area contributed by atoms with Gasteiger partial charge in [-0.2, -0.15) is 0 Å². The van der Waals surface area contributed by atoms with Crippen molar-refractivity contribution in [2.75, 3.05) is 52.2 Å². The minimum absolute atomic E-state index is 0.364. The number of carbonyl (C=O) groups excluding carboxylic acids is 2. The van der Waals surface area contributed by atoms with Crippen molar-refractivity contribution in [2.24, 2.45) is 11.5 Å². The summed E-state index contributed by atoms with van der Waals surface area (Å²) in [5, 5.41) is 0. The first-order chi connectivity index (χ1) is 19.1. The van der Waals surface area contributed by atoms with Crippen molar-refractivity contribution in [3.8, 4) is 44.9 Å². The van der Waals surface area contributed by atoms with Crippen LogP contribution in [0.3, 0.4) is 0 Å². The van der Waals surface area contributed by atoms with E-state index in [9.17, 15) is 9.59 Å². The number of nitrogens with two attached hydrogens (primary N) is 2. The summed E-state index contributed by atoms with van der Waals surface area (Å²) in [4.78, 5) is 28.5. The van der Waals surface area contributed by atoms with Crippen molar-refractivity contribution in [3.05, 3.63) is 83.9 Å². The lowest BCUT2D eigenvalue weighted by atomic mass is 9.84. The monoisotopic (exact) mass is 538 g/mol. The average molecular weight is 539 g/mol. The van der Waals surface area contributed by atoms with E-state index < -0.39 is 11.8 Å². The van der Waals surface area contributed by atoms with Crippen LogP contribution in [0.4, 0.5) is 11.4 Å². The molecule has 0 aliphatic carbocycles. The largest absolute Gasteiger partial charge is 0.495 e. The van der Waals surface area contributed by atoms with Gasteiger partial charge in [0.05, 0.1) is 25.6 Å². The van der Waals surface area contributed by atoms with Crippen LogP contribution in [0, 0.1) is 0 Å². The molecule has 4 N–H and O–H groups in total. The van der Waals surface area contributed by atoms with Crippen molar-refractivity contribution in [3.63, 3.8) is 0 Å². The molecule has 2 amide bonds. The summed E-state index contributed by atoms with van der Waals surface area (Å²) < 4.78 is 11.5. The van der Waals surface area contributed by atoms with Gasteiger partial charge in [-0.3, -0.25) is 9.59 Å². The molecule has 0 bridgehead atoms. The van der Waals surface area contributed by atoms with Gasteiger partial charge in [0.2, 0.25) is 11.8 Å². The summed E-state index contributed by atoms with van der Waals surface area (Å²) >= 11 is 0. The van der Waals surface area contributed by atoms with Crippen molar-refractivity contribution in [1.29, 1.82) is 0 Å². The highest BCUT2D eigenvalue weighted by Gasteiger charge is 2.23. The van der Waals surface area contributed by atoms with Gasteiger partial charge >= 0.3 is 0 Å². The maximum atomic E-state index is 12.8. The summed E-state index contributed by atoms with van der Waals surface area (Å²) in [6.07, 6.45) is 0. The predicted molar refractivity (Wildman–Crippen MR) is 162 cm³/mol. The summed E-state index contributed by atoms with van der Waals surface area (Å²) in [6.45, 7) is 0. The van der Waals surface area contributed by atoms with Gasteiger partial charge in [-0.1, -0.05) is 30.3 Å². The van der Waals surface area contributed by atoms with Crippen LogP contribution in [0.15, 0.2) is 72.8 Å². The predicted octanol–water partition coefficient (Wildman–Crippen LogP) is 5.03. The highest BCUT2D eigenvalue weighted by molar-refractivity contribution is 6.08. The zero-order valence-corrected chi connectivity index (χ0v) is 23.6. The van der Waals surface area contributed by atoms with Crippen LogP contribution in [-0.4, -0.2) is 54.2 Å². The van der Waals surface area contributed by atoms with Gasteiger partial charge in [-0.25, -0.2) is 0 Å². The number of methoxy groups -OCH3 is 2. The smallest absolute Gasteiger partial charge is 0.249 e. The Balaban J connectivity index is 2.12. The van der Waals surface area contributed by atoms with Crippen molar-refractivity contribution >= 4 is 23.2 Å². The number of primary amides is 2. The minimum atomic E-state index is -0.556. The molecule has 0 unspecified atom stereocenters. The fraction of sp³-hybridized carbons (Fsp3) is 0.188. The number of carbonyl (C=O) groups is 2. The number of hydrogen-bond acceptors (Lipinski definition) is 6. The topological polar surface area (TPSA) is 111 Å². The molecule has 4 rings (SSSR count). The first-order valence-corrected chi connectivity index (χ1v) is 12.7. The lowest BCUT2D eigenvalue weighted by Gasteiger charge is -2.23. The Morgan fingerprint density at radius 3 is 1.50 bits per heavy atom. The fourth-order valence-electron chi connectivity index (χ4n) is 4.87. The van der Waals surface area contributed by atoms with E-state index in [0.29, 0.717) is 28.2 Å². The first-order valence-electron chi connectivity index (χ1n) is 12.7. The molecule has 0 spiro atoms. The molecule has 206 valence electrons. The standard InChI is InChI=1S/C32H34N4O4/c1-35(2)25-15-11-21(17-27(25)39-5)29-23(19-7-9-20(10-8-19)31(33)37)13-14-24(32(34)38)30(29)22-12-16-26(36(3)4)28(18-22)40-6/h7-18H,1-6H3,(H2,33,37)(H2,34,38). The molecule has 0 saturated heterocycles. The zero-order chi connectivity index (χ0) is 29.1. The quantitative estimate of drug-likeness (QED) is 0.309. The number of ether oxygens (including phenoxy) is 2. The van der Waals surface area contributed by atoms with Crippen molar-refractivity contribution < 1.29 is 19.1 Å². The molecule has 0 heterocycles. The Kier molecular flexibility index (Phi) is 8.00. The van der Waals surface area contributed by atoms with Crippen molar-refractivity contribution in [2.45, 2.75) is 0 Å². The molecule has 4 aromatic carbocycles. The van der Waals surface area contributed by atoms with Crippen LogP contribution in [0.1, 0.15) is 20.7 Å². The highest BCUT2D eigenvalue weighted by atomic mass is 16.5. The fourth-order valence-corrected chi connectivity index (χ4v) is 4.87. The maximum absolute atomic E-state index is 12.8. The molecule has 8 nitrogen and oxygen atoms in total. The van der Waals surface area contributed by atoms with E-state index in [1.807, 2.05) is 92.6 Å². The van der Waals surface area contributed by atoms with Gasteiger partial charge in [-0.05, 0) is 70.3 Å². The lowest BCUT2D eigenvalue weighted by molar-refractivity contribution is 0.0992. The van der Waals surface area contributed by atoms with Gasteiger partial charge in [0.15, 0.2) is 0 Å². The average Bonchev–Trinajstić information content (AvgIpc) is 2.95. The van der Waals surface area contributed by atoms with Crippen LogP contribution in [0.25, 0.3) is 33.4 Å². The third kappa shape index (κ3) is 5.29. The Morgan fingerprint density at radius 2 is 1.07 bits per heavy atom. The van der Waals surface area contributed by atoms with Crippen LogP contribution in [0.5, 0.6) is 11.5 Å². The van der Waals surface area contributed by atoms with Crippen LogP contribution >= 0.6 is 0 Å². The Hall–Kier alpha value is -4.98. The summed E-state index contributed by atoms with van der Waals surface area (Å²) in [5.74, 6) is 0.266. The maximum Gasteiger partial charge on any atom is 0.249 e. The van der Waals surface area contributed by atoms with E-state index in [1.54, 1.807) is 32.4 Å². The van der Waals surface area contributed by atoms with Crippen LogP contribution < -0.4 is 30.7 Å². The van der Waals surface area contributed by atoms with E-state index in [0.717, 1.165) is 39.2 Å². The molecular weight excluding hydrogens is 504 g/mol. The molecule has 0 aliphatic heterocycles. The Morgan fingerprint density at radius 1 is 0.600 bits per heavy atom. The summed E-state index contributed by atoms with van der Waals surface area (Å²) in [6, 6.07) is 22.4. The number of benzene rings is 4. The van der Waals surface area contributed by atoms with Gasteiger partial charge in [0.25, 0.3) is 0 Å². The molecule has 0 saturated carbocycles. The van der Waals surface area contributed by atoms with E-state index in [-0.39, 0.29) is 0 Å². The van der Waals surface area contributed by atoms with E-state index in [1.165, 1.54) is 0 Å². The summed E-state index contributed by atoms with van der Waals surface area (Å²) in [5.41, 5.74) is 18.7. The molecular formula is C32H34N4O4. The molecule has 0 aliphatic rings. The second kappa shape index (κ2) is 11.4. The van der Waals surface area contributed by atoms with E-state index in [4.69, 9.17) is 20.9 Å². The van der Waals surface area contributed by atoms with E-state index >= 15 is 0 Å². The normalized spacial score (nSPS) is 10.7. The summed E-state index contributed by atoms with van der Waals surface area (Å²) in [7, 11) is 11.0. The highest BCUT2D eigenvalue weighted by Crippen LogP contribution is 2.45. The van der Waals surface area contributed by atoms with Crippen LogP contribution in [0.2, 0.25) is 0 Å². The SMILES string of the molecule is COc1cc(-c2c(C(N)=O)ccc(-c3ccc(C(N)=O)cc3)c2-c2ccc(N(C)C)c(OC)c2)ccc1N(C)C. The van der Waals surface area contributed by atoms with Gasteiger partial charge in [0, 0.05) is 44.9 Å². The molecule has 0 radical (unpaired) electrons. The van der Waals surface area contributed by atoms with Gasteiger partial charge in [-0.15, -0.1) is 0 Å². The minimum Gasteiger partial charge on any atom is -0.495 e. The molecule has 0 atom stereocenters. The molecule has 40 heavy (non-hydrogen) atoms. The van der Waals surface area contributed by atoms with E-state index in [2.05, 4.69) is 0 Å². The van der Waals surface area contributed by atoms with Crippen LogP contribution in [-0.2, 0) is 0 Å². The zero-order valence-electron chi connectivity index (χ0n) is 23.6. The van der Waals surface area contributed by atoms with Gasteiger partial charge in [0.1, 0.15) is 11.5 Å². The number of nitrogens with zero attached hydrogens (tertiary/aromatic N) is 2. The molecule has 8 heteroatoms. The number of anilines is 2. The van der Waals surface area contributed by atoms with Gasteiger partial charge < -0.3 is 30.7 Å². The third-order valence-electron chi connectivity index (χ3n) is 6.85. The molecule has 0 fully saturated rings. The third-order valence-corrected chi connectivity index (χ3v) is 6.85. The molecule has 0 aromatic heterocycles. The second-order valence-corrected chi connectivity index (χ2v) is 9.78. The second-order valence-electron chi connectivity index (χ2n) is 9.78. The number of amides is 2. The number of hydrogen-bond donors (Lipinski definition) is 2. The number of rotatable bonds is 9. The molecule has 4 aromatic rings. The Bertz CT molecular complexity index is 1580. The lowest BCUT2D eigenvalue weighted by Crippen LogP contribution is -2.14.